The predicted octanol–water partition coefficient (Wildman–Crippen LogP) is 1.49. The van der Waals surface area contributed by atoms with E-state index in [0.717, 1.165) is 5.69 Å². The van der Waals surface area contributed by atoms with Crippen LogP contribution in [0.5, 0.6) is 0 Å². The van der Waals surface area contributed by atoms with E-state index in [-0.39, 0.29) is 0 Å². The Morgan fingerprint density at radius 2 is 2.11 bits per heavy atom. The van der Waals surface area contributed by atoms with Gasteiger partial charge in [0.05, 0.1) is 0 Å². The van der Waals surface area contributed by atoms with Crippen LogP contribution in [-0.2, 0) is 12.8 Å². The molecule has 0 aliphatic heterocycles. The maximum atomic E-state index is 4.19. The van der Waals surface area contributed by atoms with Crippen molar-refractivity contribution in [3.8, 4) is 0 Å². The molecule has 0 unspecified atom stereocenters. The molecule has 1 aromatic heterocycles. The lowest BCUT2D eigenvalue weighted by atomic mass is 9.90. The van der Waals surface area contributed by atoms with Crippen LogP contribution in [0.2, 0.25) is 0 Å². The number of hydrogen-bond acceptors (Lipinski definition) is 1. The van der Waals surface area contributed by atoms with E-state index in [4.69, 9.17) is 0 Å². The van der Waals surface area contributed by atoms with E-state index in [0.29, 0.717) is 0 Å². The fourth-order valence-corrected chi connectivity index (χ4v) is 1.20. The van der Waals surface area contributed by atoms with Crippen LogP contribution in [-0.4, -0.2) is 4.98 Å². The highest BCUT2D eigenvalue weighted by atomic mass is 14.7. The van der Waals surface area contributed by atoms with Crippen LogP contribution in [0.4, 0.5) is 0 Å². The Hall–Kier alpha value is -0.850. The first-order valence-corrected chi connectivity index (χ1v) is 3.30. The Labute approximate surface area is 54.7 Å². The number of rotatable bonds is 0. The van der Waals surface area contributed by atoms with E-state index < -0.39 is 0 Å². The first kappa shape index (κ1) is 4.98. The molecule has 0 spiro atoms. The molecule has 1 nitrogen and oxygen atoms in total. The molecule has 0 bridgehead atoms. The summed E-state index contributed by atoms with van der Waals surface area (Å²) in [5.74, 6) is 0. The quantitative estimate of drug-likeness (QED) is 0.504. The number of aryl methyl sites for hydroxylation is 3. The highest BCUT2D eigenvalue weighted by molar-refractivity contribution is 5.34. The zero-order chi connectivity index (χ0) is 6.27. The molecule has 0 saturated heterocycles. The summed E-state index contributed by atoms with van der Waals surface area (Å²) in [5, 5.41) is 0. The lowest BCUT2D eigenvalue weighted by molar-refractivity contribution is 0.820. The normalized spacial score (nSPS) is 14.3. The SMILES string of the molecule is Cc1cc2c(cn1)CC2. The summed E-state index contributed by atoms with van der Waals surface area (Å²) in [6.45, 7) is 2.04. The number of nitrogens with zero attached hydrogens (tertiary/aromatic N) is 1. The van der Waals surface area contributed by atoms with Crippen molar-refractivity contribution in [1.29, 1.82) is 0 Å². The first-order chi connectivity index (χ1) is 4.36. The summed E-state index contributed by atoms with van der Waals surface area (Å²) in [7, 11) is 0. The Balaban J connectivity index is 2.57. The molecule has 0 aromatic carbocycles. The predicted molar refractivity (Wildman–Crippen MR) is 36.4 cm³/mol. The van der Waals surface area contributed by atoms with E-state index >= 15 is 0 Å². The van der Waals surface area contributed by atoms with E-state index in [2.05, 4.69) is 11.1 Å². The molecule has 46 valence electrons. The van der Waals surface area contributed by atoms with Crippen LogP contribution in [0.25, 0.3) is 0 Å². The molecule has 1 heteroatoms. The van der Waals surface area contributed by atoms with Gasteiger partial charge in [0.2, 0.25) is 0 Å². The van der Waals surface area contributed by atoms with Crippen molar-refractivity contribution in [1.82, 2.24) is 4.98 Å². The minimum atomic E-state index is 1.15. The van der Waals surface area contributed by atoms with Gasteiger partial charge < -0.3 is 0 Å². The zero-order valence-electron chi connectivity index (χ0n) is 5.52. The second-order valence-electron chi connectivity index (χ2n) is 2.59. The molecule has 0 atom stereocenters. The molecule has 0 amide bonds. The third-order valence-electron chi connectivity index (χ3n) is 1.88. The molecule has 0 N–H and O–H groups in total. The van der Waals surface area contributed by atoms with E-state index in [1.165, 1.54) is 24.0 Å². The van der Waals surface area contributed by atoms with Crippen molar-refractivity contribution in [2.75, 3.05) is 0 Å². The minimum Gasteiger partial charge on any atom is -0.261 e. The van der Waals surface area contributed by atoms with Crippen molar-refractivity contribution < 1.29 is 0 Å². The van der Waals surface area contributed by atoms with Gasteiger partial charge in [0.25, 0.3) is 0 Å². The standard InChI is InChI=1S/C8H9N/c1-6-4-7-2-3-8(7)5-9-6/h4-5H,2-3H2,1H3. The van der Waals surface area contributed by atoms with Gasteiger partial charge in [0.15, 0.2) is 0 Å². The van der Waals surface area contributed by atoms with Gasteiger partial charge in [-0.3, -0.25) is 4.98 Å². The van der Waals surface area contributed by atoms with Gasteiger partial charge in [0.1, 0.15) is 0 Å². The monoisotopic (exact) mass is 119 g/mol. The smallest absolute Gasteiger partial charge is 0.0375 e. The third-order valence-corrected chi connectivity index (χ3v) is 1.88. The zero-order valence-corrected chi connectivity index (χ0v) is 5.52. The van der Waals surface area contributed by atoms with Crippen LogP contribution in [0.3, 0.4) is 0 Å². The molecule has 0 saturated carbocycles. The Morgan fingerprint density at radius 1 is 1.33 bits per heavy atom. The summed E-state index contributed by atoms with van der Waals surface area (Å²) in [6, 6.07) is 2.18. The molecule has 1 aliphatic rings. The van der Waals surface area contributed by atoms with Crippen molar-refractivity contribution in [3.63, 3.8) is 0 Å². The molecule has 2 rings (SSSR count). The van der Waals surface area contributed by atoms with Crippen molar-refractivity contribution >= 4 is 0 Å². The van der Waals surface area contributed by atoms with Crippen molar-refractivity contribution in [2.24, 2.45) is 0 Å². The number of aromatic nitrogens is 1. The largest absolute Gasteiger partial charge is 0.261 e. The summed E-state index contributed by atoms with van der Waals surface area (Å²) >= 11 is 0. The summed E-state index contributed by atoms with van der Waals surface area (Å²) in [5.41, 5.74) is 4.09. The topological polar surface area (TPSA) is 12.9 Å². The Morgan fingerprint density at radius 3 is 2.56 bits per heavy atom. The van der Waals surface area contributed by atoms with E-state index in [1.807, 2.05) is 13.1 Å². The molecule has 9 heavy (non-hydrogen) atoms. The molecular formula is C8H9N. The van der Waals surface area contributed by atoms with Crippen molar-refractivity contribution in [2.45, 2.75) is 19.8 Å². The van der Waals surface area contributed by atoms with Gasteiger partial charge in [-0.25, -0.2) is 0 Å². The van der Waals surface area contributed by atoms with Gasteiger partial charge in [0, 0.05) is 11.9 Å². The third kappa shape index (κ3) is 0.645. The molecule has 1 aromatic rings. The first-order valence-electron chi connectivity index (χ1n) is 3.30. The highest BCUT2D eigenvalue weighted by Crippen LogP contribution is 2.21. The van der Waals surface area contributed by atoms with Gasteiger partial charge in [-0.2, -0.15) is 0 Å². The maximum absolute atomic E-state index is 4.19. The van der Waals surface area contributed by atoms with Crippen LogP contribution in [0.1, 0.15) is 16.8 Å². The van der Waals surface area contributed by atoms with Gasteiger partial charge >= 0.3 is 0 Å². The van der Waals surface area contributed by atoms with Gasteiger partial charge in [-0.1, -0.05) is 0 Å². The molecule has 0 fully saturated rings. The summed E-state index contributed by atoms with van der Waals surface area (Å²) in [4.78, 5) is 4.19. The average molecular weight is 119 g/mol. The molecule has 1 heterocycles. The second kappa shape index (κ2) is 1.56. The lowest BCUT2D eigenvalue weighted by Gasteiger charge is -2.17. The second-order valence-corrected chi connectivity index (χ2v) is 2.59. The lowest BCUT2D eigenvalue weighted by Crippen LogP contribution is -2.08. The van der Waals surface area contributed by atoms with E-state index in [9.17, 15) is 0 Å². The molecule has 0 radical (unpaired) electrons. The van der Waals surface area contributed by atoms with Gasteiger partial charge in [-0.15, -0.1) is 0 Å². The summed E-state index contributed by atoms with van der Waals surface area (Å²) in [6.07, 6.45) is 4.50. The Bertz CT molecular complexity index is 240. The molecule has 1 aliphatic carbocycles. The maximum Gasteiger partial charge on any atom is 0.0375 e. The Kier molecular flexibility index (Phi) is 0.865. The van der Waals surface area contributed by atoms with E-state index in [1.54, 1.807) is 0 Å². The van der Waals surface area contributed by atoms with Crippen LogP contribution in [0, 0.1) is 6.92 Å². The average Bonchev–Trinajstić information content (AvgIpc) is 1.78. The number of fused-ring (bicyclic) bond motifs is 1. The van der Waals surface area contributed by atoms with Crippen LogP contribution >= 0.6 is 0 Å². The molecular weight excluding hydrogens is 110 g/mol. The van der Waals surface area contributed by atoms with Crippen molar-refractivity contribution in [3.05, 3.63) is 29.1 Å². The van der Waals surface area contributed by atoms with Crippen LogP contribution in [0.15, 0.2) is 12.3 Å². The number of pyridine rings is 1. The fourth-order valence-electron chi connectivity index (χ4n) is 1.20. The summed E-state index contributed by atoms with van der Waals surface area (Å²) < 4.78 is 0. The minimum absolute atomic E-state index is 1.15. The van der Waals surface area contributed by atoms with Gasteiger partial charge in [-0.05, 0) is 37.0 Å². The highest BCUT2D eigenvalue weighted by Gasteiger charge is 2.11. The fraction of sp³-hybridized carbons (Fsp3) is 0.375. The number of hydrogen-bond donors (Lipinski definition) is 0. The van der Waals surface area contributed by atoms with Crippen LogP contribution < -0.4 is 0 Å².